The topological polar surface area (TPSA) is 73.2 Å². The van der Waals surface area contributed by atoms with Gasteiger partial charge in [0.1, 0.15) is 18.2 Å². The third kappa shape index (κ3) is 5.14. The van der Waals surface area contributed by atoms with Crippen molar-refractivity contribution >= 4 is 22.5 Å². The van der Waals surface area contributed by atoms with Crippen LogP contribution in [0.3, 0.4) is 0 Å². The second-order valence-electron chi connectivity index (χ2n) is 7.00. The number of carbonyl (C=O) groups excluding carboxylic acids is 1. The molecule has 0 aliphatic carbocycles. The van der Waals surface area contributed by atoms with Gasteiger partial charge in [0.15, 0.2) is 0 Å². The second-order valence-corrected chi connectivity index (χ2v) is 7.00. The van der Waals surface area contributed by atoms with Crippen LogP contribution in [0.4, 0.5) is 10.1 Å². The fourth-order valence-corrected chi connectivity index (χ4v) is 3.17. The molecule has 1 N–H and O–H groups in total. The van der Waals surface area contributed by atoms with Crippen LogP contribution >= 0.6 is 0 Å². The summed E-state index contributed by atoms with van der Waals surface area (Å²) in [5.74, 6) is -0.147. The number of anilines is 1. The maximum absolute atomic E-state index is 13.2. The van der Waals surface area contributed by atoms with E-state index in [-0.39, 0.29) is 36.9 Å². The lowest BCUT2D eigenvalue weighted by Gasteiger charge is -2.10. The Bertz CT molecular complexity index is 1290. The molecule has 4 aromatic rings. The zero-order valence-corrected chi connectivity index (χ0v) is 16.6. The Balaban J connectivity index is 1.35. The monoisotopic (exact) mass is 417 g/mol. The van der Waals surface area contributed by atoms with Crippen LogP contribution in [0.5, 0.6) is 5.75 Å². The number of nitrogens with one attached hydrogen (secondary N) is 1. The summed E-state index contributed by atoms with van der Waals surface area (Å²) in [7, 11) is 0. The number of nitrogens with zero attached hydrogens (tertiary/aromatic N) is 2. The van der Waals surface area contributed by atoms with E-state index in [0.717, 1.165) is 5.56 Å². The predicted molar refractivity (Wildman–Crippen MR) is 116 cm³/mol. The van der Waals surface area contributed by atoms with Gasteiger partial charge >= 0.3 is 0 Å². The van der Waals surface area contributed by atoms with Gasteiger partial charge in [-0.25, -0.2) is 9.37 Å². The zero-order chi connectivity index (χ0) is 21.6. The number of aromatic nitrogens is 2. The summed E-state index contributed by atoms with van der Waals surface area (Å²) in [6.07, 6.45) is 1.59. The lowest BCUT2D eigenvalue weighted by molar-refractivity contribution is -0.116. The Morgan fingerprint density at radius 2 is 1.87 bits per heavy atom. The molecule has 0 radical (unpaired) electrons. The van der Waals surface area contributed by atoms with E-state index < -0.39 is 0 Å². The molecule has 0 aliphatic rings. The van der Waals surface area contributed by atoms with E-state index in [1.165, 1.54) is 23.0 Å². The number of amides is 1. The van der Waals surface area contributed by atoms with Crippen molar-refractivity contribution in [1.29, 1.82) is 0 Å². The molecule has 0 saturated carbocycles. The van der Waals surface area contributed by atoms with Crippen molar-refractivity contribution in [2.75, 3.05) is 5.32 Å². The van der Waals surface area contributed by atoms with Crippen LogP contribution in [0.1, 0.15) is 12.0 Å². The molecule has 0 fully saturated rings. The van der Waals surface area contributed by atoms with E-state index in [2.05, 4.69) is 10.3 Å². The smallest absolute Gasteiger partial charge is 0.261 e. The Kier molecular flexibility index (Phi) is 6.03. The van der Waals surface area contributed by atoms with Gasteiger partial charge in [-0.3, -0.25) is 14.2 Å². The standard InChI is InChI=1S/C24H20FN3O3/c25-18-6-4-8-20(14-18)31-15-17-5-3-7-19(13-17)27-23(29)11-12-28-16-26-22-10-2-1-9-21(22)24(28)30/h1-10,13-14,16H,11-12,15H2,(H,27,29). The Hall–Kier alpha value is -4.00. The van der Waals surface area contributed by atoms with Crippen molar-refractivity contribution in [2.24, 2.45) is 0 Å². The molecule has 1 heterocycles. The number of aryl methyl sites for hydroxylation is 1. The van der Waals surface area contributed by atoms with E-state index >= 15 is 0 Å². The van der Waals surface area contributed by atoms with Gasteiger partial charge in [-0.1, -0.05) is 30.3 Å². The van der Waals surface area contributed by atoms with Crippen molar-refractivity contribution in [3.05, 3.63) is 101 Å². The van der Waals surface area contributed by atoms with E-state index in [9.17, 15) is 14.0 Å². The van der Waals surface area contributed by atoms with Crippen molar-refractivity contribution in [1.82, 2.24) is 9.55 Å². The number of carbonyl (C=O) groups is 1. The van der Waals surface area contributed by atoms with Crippen LogP contribution in [0.15, 0.2) is 83.9 Å². The number of ether oxygens (including phenoxy) is 1. The fraction of sp³-hybridized carbons (Fsp3) is 0.125. The lowest BCUT2D eigenvalue weighted by atomic mass is 10.2. The molecule has 0 spiro atoms. The van der Waals surface area contributed by atoms with E-state index in [0.29, 0.717) is 22.3 Å². The Morgan fingerprint density at radius 1 is 1.03 bits per heavy atom. The van der Waals surface area contributed by atoms with Crippen LogP contribution in [-0.2, 0) is 17.9 Å². The second kappa shape index (κ2) is 9.21. The average Bonchev–Trinajstić information content (AvgIpc) is 2.78. The van der Waals surface area contributed by atoms with Gasteiger partial charge in [0.05, 0.1) is 17.2 Å². The van der Waals surface area contributed by atoms with Crippen molar-refractivity contribution in [3.8, 4) is 5.75 Å². The predicted octanol–water partition coefficient (Wildman–Crippen LogP) is 4.14. The highest BCUT2D eigenvalue weighted by atomic mass is 19.1. The molecule has 1 aromatic heterocycles. The van der Waals surface area contributed by atoms with Gasteiger partial charge < -0.3 is 10.1 Å². The number of halogens is 1. The summed E-state index contributed by atoms with van der Waals surface area (Å²) in [5.41, 5.74) is 1.91. The normalized spacial score (nSPS) is 10.7. The summed E-state index contributed by atoms with van der Waals surface area (Å²) in [5, 5.41) is 3.35. The lowest BCUT2D eigenvalue weighted by Crippen LogP contribution is -2.23. The first-order chi connectivity index (χ1) is 15.1. The molecule has 31 heavy (non-hydrogen) atoms. The molecular formula is C24H20FN3O3. The number of rotatable bonds is 7. The number of para-hydroxylation sites is 1. The summed E-state index contributed by atoms with van der Waals surface area (Å²) in [4.78, 5) is 29.1. The van der Waals surface area contributed by atoms with Crippen molar-refractivity contribution in [2.45, 2.75) is 19.6 Å². The summed E-state index contributed by atoms with van der Waals surface area (Å²) >= 11 is 0. The molecule has 3 aromatic carbocycles. The van der Waals surface area contributed by atoms with Gasteiger partial charge in [-0.15, -0.1) is 0 Å². The number of hydrogen-bond donors (Lipinski definition) is 1. The summed E-state index contributed by atoms with van der Waals surface area (Å²) < 4.78 is 20.3. The van der Waals surface area contributed by atoms with Gasteiger partial charge in [0.2, 0.25) is 5.91 Å². The van der Waals surface area contributed by atoms with Gasteiger partial charge in [0.25, 0.3) is 5.56 Å². The molecule has 0 unspecified atom stereocenters. The van der Waals surface area contributed by atoms with Gasteiger partial charge in [-0.2, -0.15) is 0 Å². The average molecular weight is 417 g/mol. The van der Waals surface area contributed by atoms with Gasteiger partial charge in [-0.05, 0) is 42.0 Å². The molecule has 7 heteroatoms. The van der Waals surface area contributed by atoms with E-state index in [1.54, 1.807) is 48.5 Å². The number of benzene rings is 3. The highest BCUT2D eigenvalue weighted by Crippen LogP contribution is 2.16. The first kappa shape index (κ1) is 20.3. The molecular weight excluding hydrogens is 397 g/mol. The van der Waals surface area contributed by atoms with Crippen molar-refractivity contribution < 1.29 is 13.9 Å². The van der Waals surface area contributed by atoms with E-state index in [1.807, 2.05) is 12.1 Å². The first-order valence-electron chi connectivity index (χ1n) is 9.80. The molecule has 4 rings (SSSR count). The minimum atomic E-state index is -0.362. The zero-order valence-electron chi connectivity index (χ0n) is 16.6. The molecule has 156 valence electrons. The maximum Gasteiger partial charge on any atom is 0.261 e. The molecule has 1 amide bonds. The van der Waals surface area contributed by atoms with Crippen LogP contribution in [0.2, 0.25) is 0 Å². The molecule has 6 nitrogen and oxygen atoms in total. The SMILES string of the molecule is O=C(CCn1cnc2ccccc2c1=O)Nc1cccc(COc2cccc(F)c2)c1. The van der Waals surface area contributed by atoms with Gasteiger partial charge in [0, 0.05) is 24.7 Å². The number of hydrogen-bond acceptors (Lipinski definition) is 4. The molecule has 0 aliphatic heterocycles. The third-order valence-corrected chi connectivity index (χ3v) is 4.72. The summed E-state index contributed by atoms with van der Waals surface area (Å²) in [6.45, 7) is 0.468. The Morgan fingerprint density at radius 3 is 2.74 bits per heavy atom. The van der Waals surface area contributed by atoms with Crippen LogP contribution in [0, 0.1) is 5.82 Å². The fourth-order valence-electron chi connectivity index (χ4n) is 3.17. The molecule has 0 atom stereocenters. The highest BCUT2D eigenvalue weighted by molar-refractivity contribution is 5.90. The largest absolute Gasteiger partial charge is 0.489 e. The van der Waals surface area contributed by atoms with Crippen LogP contribution < -0.4 is 15.6 Å². The third-order valence-electron chi connectivity index (χ3n) is 4.72. The highest BCUT2D eigenvalue weighted by Gasteiger charge is 2.07. The number of fused-ring (bicyclic) bond motifs is 1. The molecule has 0 saturated heterocycles. The minimum absolute atomic E-state index is 0.129. The van der Waals surface area contributed by atoms with Crippen LogP contribution in [0.25, 0.3) is 10.9 Å². The van der Waals surface area contributed by atoms with Crippen LogP contribution in [-0.4, -0.2) is 15.5 Å². The Labute approximate surface area is 177 Å². The maximum atomic E-state index is 13.2. The van der Waals surface area contributed by atoms with Crippen molar-refractivity contribution in [3.63, 3.8) is 0 Å². The minimum Gasteiger partial charge on any atom is -0.489 e. The quantitative estimate of drug-likeness (QED) is 0.490. The molecule has 0 bridgehead atoms. The van der Waals surface area contributed by atoms with E-state index in [4.69, 9.17) is 4.74 Å². The first-order valence-corrected chi connectivity index (χ1v) is 9.80. The summed E-state index contributed by atoms with van der Waals surface area (Å²) in [6, 6.07) is 20.3.